The van der Waals surface area contributed by atoms with Gasteiger partial charge in [0.1, 0.15) is 12.4 Å². The van der Waals surface area contributed by atoms with E-state index < -0.39 is 11.8 Å². The molecule has 0 bridgehead atoms. The lowest BCUT2D eigenvalue weighted by atomic mass is 10.1. The third-order valence-corrected chi connectivity index (χ3v) is 5.11. The van der Waals surface area contributed by atoms with Crippen LogP contribution < -0.4 is 15.5 Å². The van der Waals surface area contributed by atoms with Crippen LogP contribution in [-0.4, -0.2) is 18.0 Å². The molecule has 3 aromatic carbocycles. The highest BCUT2D eigenvalue weighted by Crippen LogP contribution is 2.22. The third kappa shape index (κ3) is 6.57. The van der Waals surface area contributed by atoms with Gasteiger partial charge in [-0.05, 0) is 60.0 Å². The normalized spacial score (nSPS) is 10.7. The van der Waals surface area contributed by atoms with Crippen LogP contribution in [0, 0.1) is 0 Å². The monoisotopic (exact) mass is 469 g/mol. The van der Waals surface area contributed by atoms with E-state index in [0.717, 1.165) is 23.1 Å². The van der Waals surface area contributed by atoms with Gasteiger partial charge in [-0.25, -0.2) is 5.43 Å². The molecule has 2 amide bonds. The van der Waals surface area contributed by atoms with Crippen LogP contribution in [0.2, 0.25) is 10.0 Å². The van der Waals surface area contributed by atoms with E-state index in [-0.39, 0.29) is 0 Å². The summed E-state index contributed by atoms with van der Waals surface area (Å²) < 4.78 is 5.72. The maximum atomic E-state index is 12.1. The zero-order valence-electron chi connectivity index (χ0n) is 17.3. The van der Waals surface area contributed by atoms with Gasteiger partial charge in [-0.1, -0.05) is 54.4 Å². The molecule has 0 aliphatic carbocycles. The molecule has 0 fully saturated rings. The minimum Gasteiger partial charge on any atom is -0.489 e. The van der Waals surface area contributed by atoms with Crippen molar-refractivity contribution in [3.8, 4) is 5.75 Å². The minimum atomic E-state index is -0.855. The number of nitrogens with one attached hydrogen (secondary N) is 2. The molecule has 0 aliphatic heterocycles. The van der Waals surface area contributed by atoms with Crippen molar-refractivity contribution in [1.29, 1.82) is 0 Å². The molecule has 0 radical (unpaired) electrons. The Kier molecular flexibility index (Phi) is 8.25. The van der Waals surface area contributed by atoms with Crippen molar-refractivity contribution in [1.82, 2.24) is 5.43 Å². The van der Waals surface area contributed by atoms with Crippen LogP contribution in [-0.2, 0) is 22.6 Å². The van der Waals surface area contributed by atoms with Crippen LogP contribution in [0.15, 0.2) is 71.8 Å². The van der Waals surface area contributed by atoms with Gasteiger partial charge in [0.15, 0.2) is 0 Å². The quantitative estimate of drug-likeness (QED) is 0.282. The fourth-order valence-electron chi connectivity index (χ4n) is 2.80. The van der Waals surface area contributed by atoms with E-state index in [2.05, 4.69) is 15.8 Å². The van der Waals surface area contributed by atoms with Crippen molar-refractivity contribution >= 4 is 46.9 Å². The lowest BCUT2D eigenvalue weighted by Gasteiger charge is -2.08. The Morgan fingerprint density at radius 2 is 1.72 bits per heavy atom. The smallest absolute Gasteiger partial charge is 0.329 e. The Hall–Kier alpha value is -3.35. The number of rotatable bonds is 7. The summed E-state index contributed by atoms with van der Waals surface area (Å²) in [6.07, 6.45) is 2.17. The first-order valence-electron chi connectivity index (χ1n) is 9.85. The molecule has 32 heavy (non-hydrogen) atoms. The van der Waals surface area contributed by atoms with E-state index in [4.69, 9.17) is 27.9 Å². The number of nitrogens with zero attached hydrogens (tertiary/aromatic N) is 1. The van der Waals surface area contributed by atoms with Gasteiger partial charge in [0.2, 0.25) is 0 Å². The van der Waals surface area contributed by atoms with E-state index in [1.165, 1.54) is 6.21 Å². The third-order valence-electron chi connectivity index (χ3n) is 4.52. The number of hydrazone groups is 1. The van der Waals surface area contributed by atoms with E-state index in [1.54, 1.807) is 48.5 Å². The van der Waals surface area contributed by atoms with Crippen LogP contribution in [0.3, 0.4) is 0 Å². The average Bonchev–Trinajstić information content (AvgIpc) is 2.79. The molecule has 164 valence electrons. The number of carbonyl (C=O) groups is 2. The van der Waals surface area contributed by atoms with E-state index >= 15 is 0 Å². The first-order chi connectivity index (χ1) is 15.5. The number of hydrogen-bond donors (Lipinski definition) is 2. The zero-order valence-corrected chi connectivity index (χ0v) is 18.8. The van der Waals surface area contributed by atoms with Gasteiger partial charge in [0, 0.05) is 21.3 Å². The summed E-state index contributed by atoms with van der Waals surface area (Å²) in [6.45, 7) is 2.27. The number of ether oxygens (including phenoxy) is 1. The molecule has 0 atom stereocenters. The maximum Gasteiger partial charge on any atom is 0.329 e. The highest BCUT2D eigenvalue weighted by molar-refractivity contribution is 6.39. The number of para-hydroxylation sites is 1. The molecule has 3 rings (SSSR count). The van der Waals surface area contributed by atoms with Crippen molar-refractivity contribution in [2.45, 2.75) is 20.0 Å². The first-order valence-corrected chi connectivity index (χ1v) is 10.6. The summed E-state index contributed by atoms with van der Waals surface area (Å²) in [4.78, 5) is 24.1. The lowest BCUT2D eigenvalue weighted by molar-refractivity contribution is -0.136. The van der Waals surface area contributed by atoms with Gasteiger partial charge in [-0.15, -0.1) is 0 Å². The van der Waals surface area contributed by atoms with Crippen LogP contribution in [0.5, 0.6) is 5.75 Å². The fraction of sp³-hybridized carbons (Fsp3) is 0.125. The Balaban J connectivity index is 1.49. The van der Waals surface area contributed by atoms with Crippen molar-refractivity contribution in [2.24, 2.45) is 5.10 Å². The number of aryl methyl sites for hydroxylation is 1. The van der Waals surface area contributed by atoms with E-state index in [1.807, 2.05) is 25.1 Å². The highest BCUT2D eigenvalue weighted by atomic mass is 35.5. The second kappa shape index (κ2) is 11.3. The van der Waals surface area contributed by atoms with Crippen LogP contribution in [0.4, 0.5) is 5.69 Å². The molecule has 0 aliphatic rings. The van der Waals surface area contributed by atoms with Crippen LogP contribution in [0.25, 0.3) is 0 Å². The number of benzene rings is 3. The highest BCUT2D eigenvalue weighted by Gasteiger charge is 2.14. The average molecular weight is 470 g/mol. The molecule has 0 unspecified atom stereocenters. The van der Waals surface area contributed by atoms with Gasteiger partial charge in [-0.3, -0.25) is 9.59 Å². The largest absolute Gasteiger partial charge is 0.489 e. The van der Waals surface area contributed by atoms with Crippen LogP contribution in [0.1, 0.15) is 23.6 Å². The Morgan fingerprint density at radius 3 is 2.44 bits per heavy atom. The number of carbonyl (C=O) groups excluding carboxylic acids is 2. The predicted molar refractivity (Wildman–Crippen MR) is 127 cm³/mol. The minimum absolute atomic E-state index is 0.301. The summed E-state index contributed by atoms with van der Waals surface area (Å²) in [5.74, 6) is -0.995. The van der Waals surface area contributed by atoms with Crippen LogP contribution >= 0.6 is 23.2 Å². The lowest BCUT2D eigenvalue weighted by Crippen LogP contribution is -2.32. The standard InChI is InChI=1S/C24H21Cl2N3O3/c1-2-17-5-3-4-6-22(17)28-23(30)24(31)29-27-14-16-7-11-20(12-8-16)32-15-18-9-10-19(25)13-21(18)26/h3-14H,2,15H2,1H3,(H,28,30)(H,29,31)/b27-14-. The first kappa shape index (κ1) is 23.3. The summed E-state index contributed by atoms with van der Waals surface area (Å²) in [5, 5.41) is 7.54. The van der Waals surface area contributed by atoms with Crippen molar-refractivity contribution < 1.29 is 14.3 Å². The number of amides is 2. The summed E-state index contributed by atoms with van der Waals surface area (Å²) in [7, 11) is 0. The molecule has 0 saturated heterocycles. The molecule has 0 aromatic heterocycles. The SMILES string of the molecule is CCc1ccccc1NC(=O)C(=O)N/N=C\c1ccc(OCc2ccc(Cl)cc2Cl)cc1. The summed E-state index contributed by atoms with van der Waals surface area (Å²) >= 11 is 12.0. The molecule has 8 heteroatoms. The Labute approximate surface area is 196 Å². The Morgan fingerprint density at radius 1 is 0.969 bits per heavy atom. The molecule has 0 spiro atoms. The molecule has 0 saturated carbocycles. The predicted octanol–water partition coefficient (Wildman–Crippen LogP) is 5.22. The number of anilines is 1. The van der Waals surface area contributed by atoms with Crippen molar-refractivity contribution in [3.05, 3.63) is 93.5 Å². The van der Waals surface area contributed by atoms with E-state index in [9.17, 15) is 9.59 Å². The Bertz CT molecular complexity index is 1130. The molecular weight excluding hydrogens is 449 g/mol. The zero-order chi connectivity index (χ0) is 22.9. The maximum absolute atomic E-state index is 12.1. The molecule has 3 aromatic rings. The van der Waals surface area contributed by atoms with Gasteiger partial charge < -0.3 is 10.1 Å². The summed E-state index contributed by atoms with van der Waals surface area (Å²) in [6, 6.07) is 19.6. The molecule has 6 nitrogen and oxygen atoms in total. The number of halogens is 2. The second-order valence-electron chi connectivity index (χ2n) is 6.76. The van der Waals surface area contributed by atoms with Gasteiger partial charge >= 0.3 is 11.8 Å². The second-order valence-corrected chi connectivity index (χ2v) is 7.60. The number of hydrogen-bond acceptors (Lipinski definition) is 4. The van der Waals surface area contributed by atoms with Gasteiger partial charge in [0.05, 0.1) is 6.21 Å². The van der Waals surface area contributed by atoms with Gasteiger partial charge in [0.25, 0.3) is 0 Å². The molecule has 0 heterocycles. The van der Waals surface area contributed by atoms with Crippen molar-refractivity contribution in [2.75, 3.05) is 5.32 Å². The van der Waals surface area contributed by atoms with E-state index in [0.29, 0.717) is 28.1 Å². The summed E-state index contributed by atoms with van der Waals surface area (Å²) in [5.41, 5.74) is 5.32. The topological polar surface area (TPSA) is 79.8 Å². The molecule has 2 N–H and O–H groups in total. The molecular formula is C24H21Cl2N3O3. The fourth-order valence-corrected chi connectivity index (χ4v) is 3.26. The van der Waals surface area contributed by atoms with Gasteiger partial charge in [-0.2, -0.15) is 5.10 Å². The van der Waals surface area contributed by atoms with Crippen molar-refractivity contribution in [3.63, 3.8) is 0 Å².